The van der Waals surface area contributed by atoms with Crippen molar-refractivity contribution in [3.05, 3.63) is 23.8 Å². The Hall–Kier alpha value is -1.51. The van der Waals surface area contributed by atoms with E-state index in [4.69, 9.17) is 0 Å². The second kappa shape index (κ2) is 2.74. The van der Waals surface area contributed by atoms with Crippen LogP contribution in [0.2, 0.25) is 0 Å². The molecule has 0 radical (unpaired) electrons. The van der Waals surface area contributed by atoms with Gasteiger partial charge in [0.1, 0.15) is 0 Å². The molecule has 14 heavy (non-hydrogen) atoms. The third-order valence-corrected chi connectivity index (χ3v) is 2.81. The van der Waals surface area contributed by atoms with E-state index in [9.17, 15) is 4.79 Å². The van der Waals surface area contributed by atoms with Crippen molar-refractivity contribution in [3.8, 4) is 0 Å². The smallest absolute Gasteiger partial charge is 0.243 e. The minimum Gasteiger partial charge on any atom is -0.374 e. The number of amides is 1. The Morgan fingerprint density at radius 1 is 1.21 bits per heavy atom. The number of hydrogen-bond donors (Lipinski definition) is 2. The molecule has 0 atom stereocenters. The second-order valence-corrected chi connectivity index (χ2v) is 3.98. The monoisotopic (exact) mass is 188 g/mol. The van der Waals surface area contributed by atoms with Gasteiger partial charge in [0.05, 0.1) is 17.9 Å². The van der Waals surface area contributed by atoms with Crippen LogP contribution in [-0.2, 0) is 4.79 Å². The summed E-state index contributed by atoms with van der Waals surface area (Å²) in [4.78, 5) is 11.1. The fourth-order valence-electron chi connectivity index (χ4n) is 1.86. The van der Waals surface area contributed by atoms with Gasteiger partial charge in [-0.15, -0.1) is 0 Å². The SMILES string of the molecule is O=C1CNc2ccc(C3CC3)cc2N1. The van der Waals surface area contributed by atoms with Gasteiger partial charge >= 0.3 is 0 Å². The number of carbonyl (C=O) groups is 1. The van der Waals surface area contributed by atoms with E-state index in [1.54, 1.807) is 0 Å². The molecular weight excluding hydrogens is 176 g/mol. The molecule has 0 unspecified atom stereocenters. The summed E-state index contributed by atoms with van der Waals surface area (Å²) in [6.07, 6.45) is 2.58. The number of benzene rings is 1. The van der Waals surface area contributed by atoms with E-state index in [-0.39, 0.29) is 5.91 Å². The maximum absolute atomic E-state index is 11.1. The molecule has 2 aliphatic rings. The molecule has 1 saturated carbocycles. The molecule has 0 spiro atoms. The Bertz CT molecular complexity index is 396. The molecule has 3 rings (SSSR count). The molecule has 0 bridgehead atoms. The predicted molar refractivity (Wildman–Crippen MR) is 55.5 cm³/mol. The highest BCUT2D eigenvalue weighted by molar-refractivity contribution is 6.00. The molecule has 1 fully saturated rings. The van der Waals surface area contributed by atoms with Gasteiger partial charge in [-0.25, -0.2) is 0 Å². The van der Waals surface area contributed by atoms with Crippen molar-refractivity contribution >= 4 is 17.3 Å². The highest BCUT2D eigenvalue weighted by Gasteiger charge is 2.25. The number of rotatable bonds is 1. The zero-order valence-electron chi connectivity index (χ0n) is 7.84. The van der Waals surface area contributed by atoms with Crippen molar-refractivity contribution in [1.82, 2.24) is 0 Å². The molecule has 3 nitrogen and oxygen atoms in total. The first-order valence-electron chi connectivity index (χ1n) is 5.00. The van der Waals surface area contributed by atoms with E-state index in [0.717, 1.165) is 17.3 Å². The van der Waals surface area contributed by atoms with Gasteiger partial charge in [-0.1, -0.05) is 6.07 Å². The van der Waals surface area contributed by atoms with Crippen molar-refractivity contribution in [3.63, 3.8) is 0 Å². The number of carbonyl (C=O) groups excluding carboxylic acids is 1. The van der Waals surface area contributed by atoms with E-state index >= 15 is 0 Å². The molecule has 2 N–H and O–H groups in total. The average Bonchev–Trinajstić information content (AvgIpc) is 3.00. The Morgan fingerprint density at radius 2 is 2.07 bits per heavy atom. The van der Waals surface area contributed by atoms with Crippen molar-refractivity contribution in [2.75, 3.05) is 17.2 Å². The molecular formula is C11H12N2O. The summed E-state index contributed by atoms with van der Waals surface area (Å²) in [5.41, 5.74) is 3.33. The van der Waals surface area contributed by atoms with E-state index in [1.165, 1.54) is 18.4 Å². The van der Waals surface area contributed by atoms with Gasteiger partial charge in [-0.3, -0.25) is 4.79 Å². The fourth-order valence-corrected chi connectivity index (χ4v) is 1.86. The van der Waals surface area contributed by atoms with Crippen molar-refractivity contribution in [2.45, 2.75) is 18.8 Å². The lowest BCUT2D eigenvalue weighted by Gasteiger charge is -2.19. The summed E-state index contributed by atoms with van der Waals surface area (Å²) >= 11 is 0. The lowest BCUT2D eigenvalue weighted by atomic mass is 10.1. The number of hydrogen-bond acceptors (Lipinski definition) is 2. The highest BCUT2D eigenvalue weighted by atomic mass is 16.2. The zero-order chi connectivity index (χ0) is 9.54. The van der Waals surface area contributed by atoms with Gasteiger partial charge < -0.3 is 10.6 Å². The van der Waals surface area contributed by atoms with Gasteiger partial charge in [0, 0.05) is 0 Å². The van der Waals surface area contributed by atoms with Gasteiger partial charge in [0.15, 0.2) is 0 Å². The van der Waals surface area contributed by atoms with Crippen LogP contribution in [0.1, 0.15) is 24.3 Å². The van der Waals surface area contributed by atoms with Crippen molar-refractivity contribution in [2.24, 2.45) is 0 Å². The van der Waals surface area contributed by atoms with Gasteiger partial charge in [0.2, 0.25) is 5.91 Å². The number of nitrogens with one attached hydrogen (secondary N) is 2. The maximum Gasteiger partial charge on any atom is 0.243 e. The maximum atomic E-state index is 11.1. The minimum absolute atomic E-state index is 0.0467. The molecule has 1 aliphatic carbocycles. The summed E-state index contributed by atoms with van der Waals surface area (Å²) in [6, 6.07) is 6.31. The van der Waals surface area contributed by atoms with Gasteiger partial charge in [-0.2, -0.15) is 0 Å². The number of fused-ring (bicyclic) bond motifs is 1. The summed E-state index contributed by atoms with van der Waals surface area (Å²) < 4.78 is 0. The van der Waals surface area contributed by atoms with E-state index in [1.807, 2.05) is 0 Å². The summed E-state index contributed by atoms with van der Waals surface area (Å²) in [5.74, 6) is 0.782. The third kappa shape index (κ3) is 1.25. The Labute approximate surface area is 82.5 Å². The molecule has 72 valence electrons. The topological polar surface area (TPSA) is 41.1 Å². The third-order valence-electron chi connectivity index (χ3n) is 2.81. The Kier molecular flexibility index (Phi) is 1.54. The van der Waals surface area contributed by atoms with E-state index in [2.05, 4.69) is 28.8 Å². The highest BCUT2D eigenvalue weighted by Crippen LogP contribution is 2.42. The summed E-state index contributed by atoms with van der Waals surface area (Å²) in [6.45, 7) is 0.385. The molecule has 0 aromatic heterocycles. The van der Waals surface area contributed by atoms with Crippen LogP contribution in [0.4, 0.5) is 11.4 Å². The quantitative estimate of drug-likeness (QED) is 0.707. The zero-order valence-corrected chi connectivity index (χ0v) is 7.84. The van der Waals surface area contributed by atoms with Crippen molar-refractivity contribution < 1.29 is 4.79 Å². The van der Waals surface area contributed by atoms with Crippen LogP contribution in [-0.4, -0.2) is 12.5 Å². The minimum atomic E-state index is 0.0467. The Morgan fingerprint density at radius 3 is 2.86 bits per heavy atom. The lowest BCUT2D eigenvalue weighted by molar-refractivity contribution is -0.114. The number of anilines is 2. The molecule has 1 aromatic carbocycles. The van der Waals surface area contributed by atoms with Crippen LogP contribution in [0.3, 0.4) is 0 Å². The first-order valence-corrected chi connectivity index (χ1v) is 5.00. The fraction of sp³-hybridized carbons (Fsp3) is 0.364. The standard InChI is InChI=1S/C11H12N2O/c14-11-6-12-9-4-3-8(7-1-2-7)5-10(9)13-11/h3-5,7,12H,1-2,6H2,(H,13,14). The molecule has 1 aliphatic heterocycles. The second-order valence-electron chi connectivity index (χ2n) is 3.98. The predicted octanol–water partition coefficient (Wildman–Crippen LogP) is 1.93. The van der Waals surface area contributed by atoms with Gasteiger partial charge in [0.25, 0.3) is 0 Å². The van der Waals surface area contributed by atoms with Crippen LogP contribution in [0, 0.1) is 0 Å². The van der Waals surface area contributed by atoms with E-state index in [0.29, 0.717) is 6.54 Å². The molecule has 1 heterocycles. The van der Waals surface area contributed by atoms with Crippen molar-refractivity contribution in [1.29, 1.82) is 0 Å². The summed E-state index contributed by atoms with van der Waals surface area (Å²) in [7, 11) is 0. The van der Waals surface area contributed by atoms with Crippen LogP contribution in [0.25, 0.3) is 0 Å². The molecule has 0 saturated heterocycles. The summed E-state index contributed by atoms with van der Waals surface area (Å²) in [5, 5.41) is 5.97. The largest absolute Gasteiger partial charge is 0.374 e. The normalized spacial score (nSPS) is 19.6. The van der Waals surface area contributed by atoms with Crippen LogP contribution in [0.5, 0.6) is 0 Å². The van der Waals surface area contributed by atoms with Gasteiger partial charge in [-0.05, 0) is 36.5 Å². The first kappa shape index (κ1) is 7.85. The average molecular weight is 188 g/mol. The lowest BCUT2D eigenvalue weighted by Crippen LogP contribution is -2.27. The van der Waals surface area contributed by atoms with Crippen LogP contribution in [0.15, 0.2) is 18.2 Å². The molecule has 1 amide bonds. The first-order chi connectivity index (χ1) is 6.83. The Balaban J connectivity index is 1.99. The molecule has 1 aromatic rings. The van der Waals surface area contributed by atoms with Crippen LogP contribution >= 0.6 is 0 Å². The molecule has 3 heteroatoms. The van der Waals surface area contributed by atoms with E-state index < -0.39 is 0 Å². The van der Waals surface area contributed by atoms with Crippen LogP contribution < -0.4 is 10.6 Å².